The number of aryl methyl sites for hydroxylation is 2. The molecule has 0 unspecified atom stereocenters. The number of benzene rings is 1. The van der Waals surface area contributed by atoms with E-state index in [0.29, 0.717) is 16.9 Å². The Morgan fingerprint density at radius 1 is 1.25 bits per heavy atom. The molecule has 1 heterocycles. The number of nitro groups is 1. The van der Waals surface area contributed by atoms with Gasteiger partial charge in [-0.25, -0.2) is 4.79 Å². The summed E-state index contributed by atoms with van der Waals surface area (Å²) >= 11 is 0. The fourth-order valence-electron chi connectivity index (χ4n) is 2.35. The normalized spacial score (nSPS) is 10.5. The molecule has 8 heteroatoms. The number of hydrogen-bond donors (Lipinski definition) is 1. The van der Waals surface area contributed by atoms with E-state index in [1.54, 1.807) is 14.0 Å². The zero-order chi connectivity index (χ0) is 18.0. The zero-order valence-corrected chi connectivity index (χ0v) is 13.4. The van der Waals surface area contributed by atoms with Gasteiger partial charge in [0.2, 0.25) is 0 Å². The van der Waals surface area contributed by atoms with Crippen LogP contribution >= 0.6 is 0 Å². The maximum absolute atomic E-state index is 12.5. The molecule has 2 rings (SSSR count). The van der Waals surface area contributed by atoms with E-state index in [-0.39, 0.29) is 29.5 Å². The van der Waals surface area contributed by atoms with Crippen molar-refractivity contribution in [2.75, 3.05) is 7.05 Å². The number of amides is 1. The summed E-state index contributed by atoms with van der Waals surface area (Å²) in [5.41, 5.74) is 0.796. The van der Waals surface area contributed by atoms with E-state index in [4.69, 9.17) is 9.52 Å². The van der Waals surface area contributed by atoms with Crippen LogP contribution in [0.1, 0.15) is 37.8 Å². The third-order valence-electron chi connectivity index (χ3n) is 3.59. The van der Waals surface area contributed by atoms with Crippen molar-refractivity contribution in [3.05, 3.63) is 62.6 Å². The van der Waals surface area contributed by atoms with E-state index >= 15 is 0 Å². The number of carbonyl (C=O) groups excluding carboxylic acids is 1. The lowest BCUT2D eigenvalue weighted by Gasteiger charge is -2.17. The standard InChI is InChI=1S/C16H16N2O6/c1-9-6-11(18(22)23)4-5-13(9)15(19)17(3)8-12-7-14(16(20)21)10(2)24-12/h4-7H,8H2,1-3H3,(H,20,21). The predicted molar refractivity (Wildman–Crippen MR) is 84.0 cm³/mol. The Bertz CT molecular complexity index is 824. The van der Waals surface area contributed by atoms with Crippen LogP contribution in [0.4, 0.5) is 5.69 Å². The zero-order valence-electron chi connectivity index (χ0n) is 13.4. The van der Waals surface area contributed by atoms with Gasteiger partial charge in [-0.1, -0.05) is 0 Å². The van der Waals surface area contributed by atoms with Crippen LogP contribution < -0.4 is 0 Å². The molecule has 0 radical (unpaired) electrons. The Kier molecular flexibility index (Phi) is 4.68. The number of hydrogen-bond acceptors (Lipinski definition) is 5. The predicted octanol–water partition coefficient (Wildman–Crippen LogP) is 2.78. The Hall–Kier alpha value is -3.16. The molecule has 0 spiro atoms. The van der Waals surface area contributed by atoms with Crippen molar-refractivity contribution in [1.29, 1.82) is 0 Å². The second-order valence-corrected chi connectivity index (χ2v) is 5.41. The van der Waals surface area contributed by atoms with Gasteiger partial charge in [0.1, 0.15) is 17.1 Å². The first-order valence-electron chi connectivity index (χ1n) is 7.03. The molecule has 1 amide bonds. The Balaban J connectivity index is 2.19. The highest BCUT2D eigenvalue weighted by Crippen LogP contribution is 2.20. The molecule has 2 aromatic rings. The van der Waals surface area contributed by atoms with Crippen molar-refractivity contribution in [3.8, 4) is 0 Å². The highest BCUT2D eigenvalue weighted by molar-refractivity contribution is 5.95. The van der Waals surface area contributed by atoms with Crippen LogP contribution in [0.2, 0.25) is 0 Å². The van der Waals surface area contributed by atoms with Crippen molar-refractivity contribution >= 4 is 17.6 Å². The molecule has 0 aliphatic heterocycles. The monoisotopic (exact) mass is 332 g/mol. The number of carbonyl (C=O) groups is 2. The minimum absolute atomic E-state index is 0.0531. The number of non-ortho nitro benzene ring substituents is 1. The molecular weight excluding hydrogens is 316 g/mol. The smallest absolute Gasteiger partial charge is 0.339 e. The third kappa shape index (κ3) is 3.43. The first kappa shape index (κ1) is 17.2. The van der Waals surface area contributed by atoms with Gasteiger partial charge >= 0.3 is 5.97 Å². The van der Waals surface area contributed by atoms with Crippen molar-refractivity contribution in [3.63, 3.8) is 0 Å². The molecular formula is C16H16N2O6. The largest absolute Gasteiger partial charge is 0.478 e. The first-order valence-corrected chi connectivity index (χ1v) is 7.03. The molecule has 1 N–H and O–H groups in total. The molecule has 0 bridgehead atoms. The second kappa shape index (κ2) is 6.53. The van der Waals surface area contributed by atoms with E-state index in [1.807, 2.05) is 0 Å². The summed E-state index contributed by atoms with van der Waals surface area (Å²) in [6.45, 7) is 3.24. The number of rotatable bonds is 5. The van der Waals surface area contributed by atoms with E-state index in [0.717, 1.165) is 0 Å². The minimum atomic E-state index is -1.09. The highest BCUT2D eigenvalue weighted by Gasteiger charge is 2.20. The Labute approximate surface area is 137 Å². The number of nitro benzene ring substituents is 1. The Morgan fingerprint density at radius 2 is 1.92 bits per heavy atom. The van der Waals surface area contributed by atoms with Crippen LogP contribution in [-0.2, 0) is 6.54 Å². The first-order chi connectivity index (χ1) is 11.2. The quantitative estimate of drug-likeness (QED) is 0.665. The average molecular weight is 332 g/mol. The maximum Gasteiger partial charge on any atom is 0.339 e. The van der Waals surface area contributed by atoms with E-state index in [9.17, 15) is 19.7 Å². The van der Waals surface area contributed by atoms with Gasteiger partial charge in [-0.15, -0.1) is 0 Å². The van der Waals surface area contributed by atoms with Gasteiger partial charge in [0.25, 0.3) is 11.6 Å². The SMILES string of the molecule is Cc1cc([N+](=O)[O-])ccc1C(=O)N(C)Cc1cc(C(=O)O)c(C)o1. The van der Waals surface area contributed by atoms with Crippen molar-refractivity contribution in [1.82, 2.24) is 4.90 Å². The maximum atomic E-state index is 12.5. The van der Waals surface area contributed by atoms with E-state index in [2.05, 4.69) is 0 Å². The molecule has 0 fully saturated rings. The molecule has 1 aromatic carbocycles. The average Bonchev–Trinajstić information content (AvgIpc) is 2.87. The number of aromatic carboxylic acids is 1. The summed E-state index contributed by atoms with van der Waals surface area (Å²) in [6.07, 6.45) is 0. The molecule has 0 atom stereocenters. The lowest BCUT2D eigenvalue weighted by Crippen LogP contribution is -2.26. The molecule has 0 aliphatic rings. The topological polar surface area (TPSA) is 114 Å². The van der Waals surface area contributed by atoms with Crippen LogP contribution in [0.15, 0.2) is 28.7 Å². The molecule has 1 aromatic heterocycles. The van der Waals surface area contributed by atoms with Crippen LogP contribution in [0, 0.1) is 24.0 Å². The van der Waals surface area contributed by atoms with Crippen LogP contribution in [0.25, 0.3) is 0 Å². The van der Waals surface area contributed by atoms with Crippen LogP contribution in [0.5, 0.6) is 0 Å². The van der Waals surface area contributed by atoms with Crippen LogP contribution in [-0.4, -0.2) is 33.9 Å². The molecule has 126 valence electrons. The van der Waals surface area contributed by atoms with Crippen LogP contribution in [0.3, 0.4) is 0 Å². The van der Waals surface area contributed by atoms with Gasteiger partial charge in [0.15, 0.2) is 0 Å². The molecule has 0 saturated carbocycles. The number of carboxylic acids is 1. The van der Waals surface area contributed by atoms with E-state index in [1.165, 1.54) is 36.1 Å². The minimum Gasteiger partial charge on any atom is -0.478 e. The number of nitrogens with zero attached hydrogens (tertiary/aromatic N) is 2. The number of carboxylic acid groups (broad SMARTS) is 1. The molecule has 0 aliphatic carbocycles. The highest BCUT2D eigenvalue weighted by atomic mass is 16.6. The van der Waals surface area contributed by atoms with Gasteiger partial charge in [0, 0.05) is 24.7 Å². The third-order valence-corrected chi connectivity index (χ3v) is 3.59. The molecule has 24 heavy (non-hydrogen) atoms. The van der Waals surface area contributed by atoms with Crippen molar-refractivity contribution in [2.24, 2.45) is 0 Å². The summed E-state index contributed by atoms with van der Waals surface area (Å²) in [5.74, 6) is -0.818. The number of furan rings is 1. The van der Waals surface area contributed by atoms with Gasteiger partial charge in [-0.05, 0) is 31.5 Å². The summed E-state index contributed by atoms with van der Waals surface area (Å²) in [5, 5.41) is 19.8. The fraction of sp³-hybridized carbons (Fsp3) is 0.250. The second-order valence-electron chi connectivity index (χ2n) is 5.41. The molecule has 8 nitrogen and oxygen atoms in total. The van der Waals surface area contributed by atoms with Gasteiger partial charge in [-0.3, -0.25) is 14.9 Å². The lowest BCUT2D eigenvalue weighted by molar-refractivity contribution is -0.384. The summed E-state index contributed by atoms with van der Waals surface area (Å²) < 4.78 is 5.35. The Morgan fingerprint density at radius 3 is 2.42 bits per heavy atom. The lowest BCUT2D eigenvalue weighted by atomic mass is 10.1. The fourth-order valence-corrected chi connectivity index (χ4v) is 2.35. The summed E-state index contributed by atoms with van der Waals surface area (Å²) in [6, 6.07) is 5.39. The molecule has 0 saturated heterocycles. The van der Waals surface area contributed by atoms with Gasteiger partial charge in [-0.2, -0.15) is 0 Å². The van der Waals surface area contributed by atoms with Gasteiger partial charge < -0.3 is 14.4 Å². The summed E-state index contributed by atoms with van der Waals surface area (Å²) in [7, 11) is 1.54. The van der Waals surface area contributed by atoms with E-state index < -0.39 is 10.9 Å². The van der Waals surface area contributed by atoms with Gasteiger partial charge in [0.05, 0.1) is 11.5 Å². The summed E-state index contributed by atoms with van der Waals surface area (Å²) in [4.78, 5) is 35.1. The van der Waals surface area contributed by atoms with Crippen molar-refractivity contribution < 1.29 is 24.0 Å². The van der Waals surface area contributed by atoms with Crippen molar-refractivity contribution in [2.45, 2.75) is 20.4 Å².